The van der Waals surface area contributed by atoms with E-state index in [1.54, 1.807) is 0 Å². The molecule has 76 valence electrons. The number of H-pyrrole nitrogens is 1. The number of halogens is 1. The lowest BCUT2D eigenvalue weighted by Crippen LogP contribution is -2.34. The van der Waals surface area contributed by atoms with Crippen LogP contribution in [0, 0.1) is 5.92 Å². The van der Waals surface area contributed by atoms with Crippen LogP contribution < -0.4 is 11.2 Å². The summed E-state index contributed by atoms with van der Waals surface area (Å²) >= 11 is 5.55. The molecule has 1 aliphatic rings. The summed E-state index contributed by atoms with van der Waals surface area (Å²) in [6.45, 7) is 2.06. The highest BCUT2D eigenvalue weighted by molar-refractivity contribution is 6.29. The minimum Gasteiger partial charge on any atom is -0.298 e. The van der Waals surface area contributed by atoms with Gasteiger partial charge in [-0.05, 0) is 12.3 Å². The van der Waals surface area contributed by atoms with Crippen molar-refractivity contribution in [1.82, 2.24) is 9.55 Å². The van der Waals surface area contributed by atoms with Crippen molar-refractivity contribution in [3.8, 4) is 0 Å². The smallest absolute Gasteiger partial charge is 0.298 e. The summed E-state index contributed by atoms with van der Waals surface area (Å²) in [6, 6.07) is 1.32. The van der Waals surface area contributed by atoms with Crippen molar-refractivity contribution in [2.75, 3.05) is 0 Å². The summed E-state index contributed by atoms with van der Waals surface area (Å²) in [6.07, 6.45) is 1.92. The standard InChI is InChI=1S/C9H11ClN2O2/c1-2-5-3-6(5)12-8(13)4-7(10)11-9(12)14/h4-6H,2-3H2,1H3,(H,11,14). The Morgan fingerprint density at radius 1 is 1.64 bits per heavy atom. The van der Waals surface area contributed by atoms with Crippen molar-refractivity contribution >= 4 is 11.6 Å². The average molecular weight is 215 g/mol. The molecule has 4 nitrogen and oxygen atoms in total. The molecule has 0 saturated heterocycles. The third-order valence-electron chi connectivity index (χ3n) is 2.67. The van der Waals surface area contributed by atoms with Crippen LogP contribution in [0.25, 0.3) is 0 Å². The third kappa shape index (κ3) is 1.50. The molecule has 5 heteroatoms. The molecule has 2 atom stereocenters. The summed E-state index contributed by atoms with van der Waals surface area (Å²) in [5, 5.41) is 0.102. The summed E-state index contributed by atoms with van der Waals surface area (Å²) in [5.41, 5.74) is -0.705. The molecule has 1 saturated carbocycles. The van der Waals surface area contributed by atoms with Gasteiger partial charge in [0.1, 0.15) is 5.15 Å². The van der Waals surface area contributed by atoms with Crippen molar-refractivity contribution in [1.29, 1.82) is 0 Å². The number of rotatable bonds is 2. The molecule has 1 N–H and O–H groups in total. The number of nitrogens with zero attached hydrogens (tertiary/aromatic N) is 1. The molecular formula is C9H11ClN2O2. The first-order chi connectivity index (χ1) is 6.63. The van der Waals surface area contributed by atoms with Crippen LogP contribution in [0.1, 0.15) is 25.8 Å². The second kappa shape index (κ2) is 3.28. The largest absolute Gasteiger partial charge is 0.329 e. The topological polar surface area (TPSA) is 54.9 Å². The summed E-state index contributed by atoms with van der Waals surface area (Å²) < 4.78 is 1.26. The normalized spacial score (nSPS) is 25.0. The Morgan fingerprint density at radius 3 is 2.86 bits per heavy atom. The van der Waals surface area contributed by atoms with Gasteiger partial charge >= 0.3 is 5.69 Å². The van der Waals surface area contributed by atoms with Gasteiger partial charge in [-0.25, -0.2) is 4.79 Å². The van der Waals surface area contributed by atoms with Crippen molar-refractivity contribution in [2.24, 2.45) is 5.92 Å². The van der Waals surface area contributed by atoms with Crippen LogP contribution in [0.3, 0.4) is 0 Å². The van der Waals surface area contributed by atoms with Crippen LogP contribution >= 0.6 is 11.6 Å². The van der Waals surface area contributed by atoms with Gasteiger partial charge in [0, 0.05) is 12.1 Å². The van der Waals surface area contributed by atoms with Gasteiger partial charge in [0.2, 0.25) is 0 Å². The molecule has 1 aromatic heterocycles. The van der Waals surface area contributed by atoms with E-state index in [0.717, 1.165) is 12.8 Å². The maximum Gasteiger partial charge on any atom is 0.329 e. The maximum absolute atomic E-state index is 11.5. The first kappa shape index (κ1) is 9.52. The van der Waals surface area contributed by atoms with E-state index < -0.39 is 5.69 Å². The second-order valence-electron chi connectivity index (χ2n) is 3.60. The van der Waals surface area contributed by atoms with Gasteiger partial charge in [-0.2, -0.15) is 0 Å². The van der Waals surface area contributed by atoms with Gasteiger partial charge in [-0.1, -0.05) is 24.9 Å². The fraction of sp³-hybridized carbons (Fsp3) is 0.556. The molecule has 2 unspecified atom stereocenters. The van der Waals surface area contributed by atoms with Gasteiger partial charge in [-0.15, -0.1) is 0 Å². The minimum atomic E-state index is -0.400. The summed E-state index contributed by atoms with van der Waals surface area (Å²) in [7, 11) is 0. The molecular weight excluding hydrogens is 204 g/mol. The fourth-order valence-corrected chi connectivity index (χ4v) is 1.95. The Hall–Kier alpha value is -1.03. The van der Waals surface area contributed by atoms with Crippen LogP contribution in [0.2, 0.25) is 5.15 Å². The molecule has 0 spiro atoms. The van der Waals surface area contributed by atoms with Crippen LogP contribution in [0.5, 0.6) is 0 Å². The van der Waals surface area contributed by atoms with E-state index in [2.05, 4.69) is 11.9 Å². The lowest BCUT2D eigenvalue weighted by Gasteiger charge is -2.01. The van der Waals surface area contributed by atoms with Crippen LogP contribution in [-0.4, -0.2) is 9.55 Å². The van der Waals surface area contributed by atoms with Gasteiger partial charge in [0.05, 0.1) is 0 Å². The van der Waals surface area contributed by atoms with Gasteiger partial charge in [-0.3, -0.25) is 14.3 Å². The predicted octanol–water partition coefficient (Wildman–Crippen LogP) is 1.16. The average Bonchev–Trinajstić information content (AvgIpc) is 2.81. The van der Waals surface area contributed by atoms with E-state index in [4.69, 9.17) is 11.6 Å². The zero-order valence-electron chi connectivity index (χ0n) is 7.79. The molecule has 2 rings (SSSR count). The molecule has 0 radical (unpaired) electrons. The number of aromatic amines is 1. The Morgan fingerprint density at radius 2 is 2.36 bits per heavy atom. The first-order valence-electron chi connectivity index (χ1n) is 4.65. The van der Waals surface area contributed by atoms with Crippen LogP contribution in [0.4, 0.5) is 0 Å². The monoisotopic (exact) mass is 214 g/mol. The Bertz CT molecular complexity index is 431. The van der Waals surface area contributed by atoms with E-state index in [9.17, 15) is 9.59 Å². The number of aromatic nitrogens is 2. The van der Waals surface area contributed by atoms with Gasteiger partial charge in [0.25, 0.3) is 5.56 Å². The van der Waals surface area contributed by atoms with Crippen molar-refractivity contribution in [2.45, 2.75) is 25.8 Å². The molecule has 1 fully saturated rings. The van der Waals surface area contributed by atoms with Crippen LogP contribution in [0.15, 0.2) is 15.7 Å². The Balaban J connectivity index is 2.45. The number of hydrogen-bond acceptors (Lipinski definition) is 2. The van der Waals surface area contributed by atoms with E-state index >= 15 is 0 Å². The summed E-state index contributed by atoms with van der Waals surface area (Å²) in [5.74, 6) is 0.468. The molecule has 1 aliphatic carbocycles. The van der Waals surface area contributed by atoms with E-state index in [-0.39, 0.29) is 16.8 Å². The predicted molar refractivity (Wildman–Crippen MR) is 53.8 cm³/mol. The highest BCUT2D eigenvalue weighted by Gasteiger charge is 2.38. The van der Waals surface area contributed by atoms with Crippen molar-refractivity contribution < 1.29 is 0 Å². The molecule has 0 aromatic carbocycles. The summed E-state index contributed by atoms with van der Waals surface area (Å²) in [4.78, 5) is 25.3. The fourth-order valence-electron chi connectivity index (χ4n) is 1.78. The molecule has 1 heterocycles. The van der Waals surface area contributed by atoms with Gasteiger partial charge in [0.15, 0.2) is 0 Å². The zero-order valence-corrected chi connectivity index (χ0v) is 8.54. The lowest BCUT2D eigenvalue weighted by molar-refractivity contribution is 0.591. The maximum atomic E-state index is 11.5. The zero-order chi connectivity index (χ0) is 10.3. The van der Waals surface area contributed by atoms with E-state index in [0.29, 0.717) is 5.92 Å². The third-order valence-corrected chi connectivity index (χ3v) is 2.88. The van der Waals surface area contributed by atoms with Crippen molar-refractivity contribution in [3.05, 3.63) is 32.1 Å². The molecule has 0 aliphatic heterocycles. The number of hydrogen-bond donors (Lipinski definition) is 1. The molecule has 1 aromatic rings. The highest BCUT2D eigenvalue weighted by Crippen LogP contribution is 2.43. The Kier molecular flexibility index (Phi) is 2.23. The quantitative estimate of drug-likeness (QED) is 0.752. The molecule has 0 amide bonds. The first-order valence-corrected chi connectivity index (χ1v) is 5.02. The van der Waals surface area contributed by atoms with Gasteiger partial charge < -0.3 is 0 Å². The van der Waals surface area contributed by atoms with Crippen LogP contribution in [-0.2, 0) is 0 Å². The van der Waals surface area contributed by atoms with Crippen molar-refractivity contribution in [3.63, 3.8) is 0 Å². The number of nitrogens with one attached hydrogen (secondary N) is 1. The molecule has 14 heavy (non-hydrogen) atoms. The van der Waals surface area contributed by atoms with E-state index in [1.165, 1.54) is 10.6 Å². The molecule has 0 bridgehead atoms. The second-order valence-corrected chi connectivity index (χ2v) is 4.01. The SMILES string of the molecule is CCC1CC1n1c(=O)cc(Cl)[nH]c1=O. The highest BCUT2D eigenvalue weighted by atomic mass is 35.5. The Labute approximate surface area is 85.5 Å². The lowest BCUT2D eigenvalue weighted by atomic mass is 10.3. The van der Waals surface area contributed by atoms with E-state index in [1.807, 2.05) is 0 Å². The minimum absolute atomic E-state index is 0.0773.